The first-order valence-electron chi connectivity index (χ1n) is 4.58. The highest BCUT2D eigenvalue weighted by atomic mass is 28.3. The third-order valence-corrected chi connectivity index (χ3v) is 2.41. The molecule has 0 fully saturated rings. The molecule has 0 bridgehead atoms. The van der Waals surface area contributed by atoms with E-state index in [9.17, 15) is 0 Å². The third kappa shape index (κ3) is 3.47. The van der Waals surface area contributed by atoms with E-state index in [1.165, 1.54) is 0 Å². The second-order valence-electron chi connectivity index (χ2n) is 4.06. The molecule has 0 N–H and O–H groups in total. The number of rotatable bonds is 1. The topological polar surface area (TPSA) is 17.8 Å². The smallest absolute Gasteiger partial charge is 0.134 e. The van der Waals surface area contributed by atoms with Crippen molar-refractivity contribution in [2.24, 2.45) is 0 Å². The fraction of sp³-hybridized carbons (Fsp3) is 0.500. The highest BCUT2D eigenvalue weighted by Crippen LogP contribution is 1.98. The van der Waals surface area contributed by atoms with E-state index in [0.717, 1.165) is 12.2 Å². The Bertz CT molecular complexity index is 336. The van der Waals surface area contributed by atoms with E-state index in [1.807, 2.05) is 16.9 Å². The summed E-state index contributed by atoms with van der Waals surface area (Å²) in [5, 5.41) is 4.30. The monoisotopic (exact) mass is 192 g/mol. The molecule has 0 saturated heterocycles. The Morgan fingerprint density at radius 1 is 1.46 bits per heavy atom. The molecule has 70 valence electrons. The van der Waals surface area contributed by atoms with Gasteiger partial charge in [0.25, 0.3) is 0 Å². The lowest BCUT2D eigenvalue weighted by Crippen LogP contribution is -2.16. The molecule has 0 amide bonds. The number of nitrogens with zero attached hydrogens (tertiary/aromatic N) is 2. The van der Waals surface area contributed by atoms with Crippen LogP contribution < -0.4 is 0 Å². The zero-order valence-corrected chi connectivity index (χ0v) is 9.76. The standard InChI is InChI=1S/C10H16N2Si/c1-5-12-8-6-10(11-12)7-9-13(2,3)4/h6,8H,5H2,1-4H3. The zero-order valence-electron chi connectivity index (χ0n) is 8.76. The molecule has 3 heteroatoms. The van der Waals surface area contributed by atoms with Crippen LogP contribution in [0.2, 0.25) is 19.6 Å². The molecular formula is C10H16N2Si. The van der Waals surface area contributed by atoms with E-state index in [-0.39, 0.29) is 0 Å². The van der Waals surface area contributed by atoms with Crippen molar-refractivity contribution in [3.8, 4) is 11.5 Å². The quantitative estimate of drug-likeness (QED) is 0.492. The molecule has 0 atom stereocenters. The number of hydrogen-bond acceptors (Lipinski definition) is 1. The minimum atomic E-state index is -1.25. The number of hydrogen-bond donors (Lipinski definition) is 0. The maximum absolute atomic E-state index is 4.30. The van der Waals surface area contributed by atoms with Crippen molar-refractivity contribution >= 4 is 8.07 Å². The molecular weight excluding hydrogens is 176 g/mol. The molecule has 0 aromatic carbocycles. The van der Waals surface area contributed by atoms with E-state index < -0.39 is 8.07 Å². The molecule has 0 aliphatic heterocycles. The molecule has 0 radical (unpaired) electrons. The minimum Gasteiger partial charge on any atom is -0.272 e. The van der Waals surface area contributed by atoms with Gasteiger partial charge in [0, 0.05) is 12.7 Å². The Kier molecular flexibility index (Phi) is 2.94. The first kappa shape index (κ1) is 10.1. The Balaban J connectivity index is 2.78. The van der Waals surface area contributed by atoms with Crippen molar-refractivity contribution in [1.29, 1.82) is 0 Å². The van der Waals surface area contributed by atoms with Crippen molar-refractivity contribution in [1.82, 2.24) is 9.78 Å². The molecule has 1 aromatic heterocycles. The zero-order chi connectivity index (χ0) is 9.90. The lowest BCUT2D eigenvalue weighted by Gasteiger charge is -2.02. The molecule has 13 heavy (non-hydrogen) atoms. The van der Waals surface area contributed by atoms with Crippen LogP contribution >= 0.6 is 0 Å². The van der Waals surface area contributed by atoms with Crippen molar-refractivity contribution in [3.05, 3.63) is 18.0 Å². The summed E-state index contributed by atoms with van der Waals surface area (Å²) in [7, 11) is -1.25. The predicted molar refractivity (Wildman–Crippen MR) is 58.1 cm³/mol. The molecule has 1 aromatic rings. The Hall–Kier alpha value is -1.01. The van der Waals surface area contributed by atoms with Gasteiger partial charge >= 0.3 is 0 Å². The summed E-state index contributed by atoms with van der Waals surface area (Å²) in [6, 6.07) is 1.97. The summed E-state index contributed by atoms with van der Waals surface area (Å²) >= 11 is 0. The molecule has 0 aliphatic rings. The number of aryl methyl sites for hydroxylation is 1. The van der Waals surface area contributed by atoms with Gasteiger partial charge in [-0.3, -0.25) is 4.68 Å². The van der Waals surface area contributed by atoms with E-state index in [1.54, 1.807) is 0 Å². The van der Waals surface area contributed by atoms with E-state index >= 15 is 0 Å². The van der Waals surface area contributed by atoms with Gasteiger partial charge in [-0.2, -0.15) is 5.10 Å². The van der Waals surface area contributed by atoms with Gasteiger partial charge in [-0.05, 0) is 13.0 Å². The highest BCUT2D eigenvalue weighted by molar-refractivity contribution is 6.83. The first-order valence-corrected chi connectivity index (χ1v) is 8.08. The summed E-state index contributed by atoms with van der Waals surface area (Å²) < 4.78 is 1.90. The van der Waals surface area contributed by atoms with Crippen LogP contribution in [0.4, 0.5) is 0 Å². The fourth-order valence-corrected chi connectivity index (χ4v) is 1.36. The van der Waals surface area contributed by atoms with Gasteiger partial charge in [0.05, 0.1) is 0 Å². The molecule has 0 unspecified atom stereocenters. The summed E-state index contributed by atoms with van der Waals surface area (Å²) in [6.45, 7) is 9.68. The summed E-state index contributed by atoms with van der Waals surface area (Å²) in [6.07, 6.45) is 1.97. The van der Waals surface area contributed by atoms with Gasteiger partial charge in [-0.25, -0.2) is 0 Å². The second-order valence-corrected chi connectivity index (χ2v) is 8.81. The second kappa shape index (κ2) is 3.80. The summed E-state index contributed by atoms with van der Waals surface area (Å²) in [5.41, 5.74) is 4.18. The average Bonchev–Trinajstić information content (AvgIpc) is 2.47. The molecule has 0 saturated carbocycles. The molecule has 2 nitrogen and oxygen atoms in total. The van der Waals surface area contributed by atoms with Crippen molar-refractivity contribution in [2.75, 3.05) is 0 Å². The minimum absolute atomic E-state index is 0.893. The van der Waals surface area contributed by atoms with Crippen LogP contribution in [0, 0.1) is 11.5 Å². The average molecular weight is 192 g/mol. The highest BCUT2D eigenvalue weighted by Gasteiger charge is 2.07. The Morgan fingerprint density at radius 2 is 2.15 bits per heavy atom. The lowest BCUT2D eigenvalue weighted by molar-refractivity contribution is 0.657. The van der Waals surface area contributed by atoms with Gasteiger partial charge in [0.15, 0.2) is 0 Å². The van der Waals surface area contributed by atoms with Gasteiger partial charge in [0.2, 0.25) is 0 Å². The van der Waals surface area contributed by atoms with Crippen LogP contribution in [-0.2, 0) is 6.54 Å². The lowest BCUT2D eigenvalue weighted by atomic mass is 10.5. The molecule has 1 rings (SSSR count). The third-order valence-electron chi connectivity index (χ3n) is 1.53. The van der Waals surface area contributed by atoms with Crippen LogP contribution in [0.3, 0.4) is 0 Å². The van der Waals surface area contributed by atoms with Crippen molar-refractivity contribution < 1.29 is 0 Å². The van der Waals surface area contributed by atoms with Crippen molar-refractivity contribution in [3.63, 3.8) is 0 Å². The van der Waals surface area contributed by atoms with Gasteiger partial charge < -0.3 is 0 Å². The maximum atomic E-state index is 4.30. The van der Waals surface area contributed by atoms with Crippen LogP contribution in [0.15, 0.2) is 12.3 Å². The van der Waals surface area contributed by atoms with E-state index in [4.69, 9.17) is 0 Å². The fourth-order valence-electron chi connectivity index (χ4n) is 0.856. The van der Waals surface area contributed by atoms with Gasteiger partial charge in [-0.1, -0.05) is 25.6 Å². The largest absolute Gasteiger partial charge is 0.272 e. The first-order chi connectivity index (χ1) is 6.01. The summed E-state index contributed by atoms with van der Waals surface area (Å²) in [4.78, 5) is 0. The molecule has 0 aliphatic carbocycles. The Labute approximate surface area is 81.0 Å². The maximum Gasteiger partial charge on any atom is 0.134 e. The van der Waals surface area contributed by atoms with Crippen molar-refractivity contribution in [2.45, 2.75) is 33.1 Å². The van der Waals surface area contributed by atoms with Crippen LogP contribution in [0.25, 0.3) is 0 Å². The van der Waals surface area contributed by atoms with Crippen LogP contribution in [0.5, 0.6) is 0 Å². The van der Waals surface area contributed by atoms with Gasteiger partial charge in [0.1, 0.15) is 13.8 Å². The van der Waals surface area contributed by atoms with Gasteiger partial charge in [-0.15, -0.1) is 5.54 Å². The molecule has 0 spiro atoms. The van der Waals surface area contributed by atoms with Crippen LogP contribution in [-0.4, -0.2) is 17.9 Å². The van der Waals surface area contributed by atoms with Crippen LogP contribution in [0.1, 0.15) is 12.6 Å². The normalized spacial score (nSPS) is 10.8. The Morgan fingerprint density at radius 3 is 2.62 bits per heavy atom. The predicted octanol–water partition coefficient (Wildman–Crippen LogP) is 2.13. The van der Waals surface area contributed by atoms with E-state index in [0.29, 0.717) is 0 Å². The summed E-state index contributed by atoms with van der Waals surface area (Å²) in [5.74, 6) is 3.12. The molecule has 1 heterocycles. The van der Waals surface area contributed by atoms with E-state index in [2.05, 4.69) is 43.1 Å². The SMILES string of the molecule is CCn1ccc(C#C[Si](C)(C)C)n1. The number of aromatic nitrogens is 2.